The number of benzene rings is 3. The first-order chi connectivity index (χ1) is 15.8. The molecule has 0 aromatic heterocycles. The zero-order chi connectivity index (χ0) is 22.2. The molecule has 0 radical (unpaired) electrons. The Bertz CT molecular complexity index is 1110. The van der Waals surface area contributed by atoms with Gasteiger partial charge in [-0.05, 0) is 25.0 Å². The van der Waals surface area contributed by atoms with Crippen molar-refractivity contribution in [2.45, 2.75) is 33.1 Å². The molecule has 4 aromatic carbocycles. The first-order valence-electron chi connectivity index (χ1n) is 11.6. The van der Waals surface area contributed by atoms with Gasteiger partial charge in [-0.1, -0.05) is 92.9 Å². The first-order valence-corrected chi connectivity index (χ1v) is 12.9. The molecule has 0 spiro atoms. The fourth-order valence-electron chi connectivity index (χ4n) is 4.21. The minimum Gasteiger partial charge on any atom is -1.00 e. The van der Waals surface area contributed by atoms with Crippen LogP contribution in [0.15, 0.2) is 115 Å². The standard InChI is InChI=1S/C21H16P.C10H15.2ClH.Hf/c1-3-11-19(12-4-1)22(20-13-5-2-6-14-20)21-15-17-9-7-8-10-18(17)16-21;1-3-6-9(2)10-7-4-5-8-10;;;/h1-16H;4,7,9H,3,5-6H2,1-2H3;2*1H;/q2*-1;;;+4/p-2. The van der Waals surface area contributed by atoms with Crippen LogP contribution in [-0.2, 0) is 25.8 Å². The second-order valence-corrected chi connectivity index (χ2v) is 10.5. The van der Waals surface area contributed by atoms with Crippen molar-refractivity contribution >= 4 is 34.6 Å². The summed E-state index contributed by atoms with van der Waals surface area (Å²) in [6.45, 7) is 4.51. The molecule has 0 amide bonds. The minimum atomic E-state index is -0.493. The average Bonchev–Trinajstić information content (AvgIpc) is 3.52. The number of hydrogen-bond acceptors (Lipinski definition) is 0. The molecule has 5 rings (SSSR count). The second-order valence-electron chi connectivity index (χ2n) is 8.28. The molecule has 0 nitrogen and oxygen atoms in total. The van der Waals surface area contributed by atoms with E-state index in [1.807, 2.05) is 0 Å². The summed E-state index contributed by atoms with van der Waals surface area (Å²) in [6, 6.07) is 35.0. The van der Waals surface area contributed by atoms with Crippen molar-refractivity contribution in [3.8, 4) is 0 Å². The fourth-order valence-corrected chi connectivity index (χ4v) is 6.58. The van der Waals surface area contributed by atoms with E-state index < -0.39 is 7.92 Å². The average molecular weight is 684 g/mol. The van der Waals surface area contributed by atoms with Crippen molar-refractivity contribution in [2.75, 3.05) is 0 Å². The summed E-state index contributed by atoms with van der Waals surface area (Å²) in [4.78, 5) is 0. The molecule has 0 N–H and O–H groups in total. The van der Waals surface area contributed by atoms with E-state index in [0.717, 1.165) is 12.3 Å². The van der Waals surface area contributed by atoms with E-state index in [4.69, 9.17) is 0 Å². The van der Waals surface area contributed by atoms with Gasteiger partial charge in [0.2, 0.25) is 0 Å². The molecule has 1 unspecified atom stereocenters. The minimum absolute atomic E-state index is 0. The fraction of sp³-hybridized carbons (Fsp3) is 0.194. The largest absolute Gasteiger partial charge is 4.00 e. The van der Waals surface area contributed by atoms with E-state index in [-0.39, 0.29) is 50.7 Å². The summed E-state index contributed by atoms with van der Waals surface area (Å²) in [5, 5.41) is 6.89. The molecule has 0 bridgehead atoms. The molecular formula is C31H31Cl2HfP. The molecule has 4 aromatic rings. The third-order valence-electron chi connectivity index (χ3n) is 5.86. The van der Waals surface area contributed by atoms with E-state index in [1.165, 1.54) is 45.1 Å². The Morgan fingerprint density at radius 2 is 1.43 bits per heavy atom. The van der Waals surface area contributed by atoms with E-state index in [1.54, 1.807) is 0 Å². The third-order valence-corrected chi connectivity index (χ3v) is 8.27. The molecule has 0 saturated carbocycles. The second kappa shape index (κ2) is 16.4. The monoisotopic (exact) mass is 684 g/mol. The van der Waals surface area contributed by atoms with E-state index in [2.05, 4.69) is 129 Å². The molecule has 1 atom stereocenters. The van der Waals surface area contributed by atoms with Crippen LogP contribution < -0.4 is 40.7 Å². The maximum absolute atomic E-state index is 3.35. The van der Waals surface area contributed by atoms with Gasteiger partial charge >= 0.3 is 25.8 Å². The van der Waals surface area contributed by atoms with Crippen molar-refractivity contribution in [2.24, 2.45) is 5.92 Å². The molecule has 0 fully saturated rings. The quantitative estimate of drug-likeness (QED) is 0.164. The van der Waals surface area contributed by atoms with Gasteiger partial charge in [0.1, 0.15) is 0 Å². The van der Waals surface area contributed by atoms with Gasteiger partial charge in [0.15, 0.2) is 0 Å². The molecule has 0 aliphatic heterocycles. The van der Waals surface area contributed by atoms with Crippen LogP contribution in [0, 0.1) is 12.0 Å². The number of rotatable bonds is 6. The molecule has 0 saturated heterocycles. The molecular weight excluding hydrogens is 653 g/mol. The Balaban J connectivity index is 0.000000407. The van der Waals surface area contributed by atoms with Gasteiger partial charge in [0, 0.05) is 0 Å². The zero-order valence-electron chi connectivity index (χ0n) is 20.3. The maximum Gasteiger partial charge on any atom is 4.00 e. The molecule has 0 heterocycles. The van der Waals surface area contributed by atoms with Gasteiger partial charge < -0.3 is 24.8 Å². The van der Waals surface area contributed by atoms with Crippen LogP contribution >= 0.6 is 7.92 Å². The Hall–Kier alpha value is -1.37. The topological polar surface area (TPSA) is 0 Å². The summed E-state index contributed by atoms with van der Waals surface area (Å²) >= 11 is 0. The Kier molecular flexibility index (Phi) is 14.8. The molecule has 35 heavy (non-hydrogen) atoms. The van der Waals surface area contributed by atoms with Crippen molar-refractivity contribution in [3.63, 3.8) is 0 Å². The normalized spacial score (nSPS) is 12.5. The van der Waals surface area contributed by atoms with Crippen LogP contribution in [0.1, 0.15) is 33.1 Å². The van der Waals surface area contributed by atoms with Gasteiger partial charge in [-0.2, -0.15) is 12.1 Å². The van der Waals surface area contributed by atoms with Crippen LogP contribution in [0.5, 0.6) is 0 Å². The SMILES string of the molecule is CCCC(C)C1=[C-]CC=C1.[Cl-].[Cl-].[Hf+4].c1ccc(P(c2ccccc2)c2cc3ccccc3[cH-]2)cc1. The molecule has 1 aliphatic rings. The van der Waals surface area contributed by atoms with Crippen LogP contribution in [0.2, 0.25) is 0 Å². The first kappa shape index (κ1) is 31.7. The molecule has 1 aliphatic carbocycles. The predicted octanol–water partition coefficient (Wildman–Crippen LogP) is 1.43. The van der Waals surface area contributed by atoms with Crippen molar-refractivity contribution in [3.05, 3.63) is 121 Å². The Morgan fingerprint density at radius 1 is 0.857 bits per heavy atom. The van der Waals surface area contributed by atoms with Crippen molar-refractivity contribution in [1.82, 2.24) is 0 Å². The zero-order valence-corrected chi connectivity index (χ0v) is 26.3. The maximum atomic E-state index is 3.35. The molecule has 4 heteroatoms. The number of allylic oxidation sites excluding steroid dienone is 4. The van der Waals surface area contributed by atoms with Gasteiger partial charge in [-0.15, -0.1) is 46.8 Å². The van der Waals surface area contributed by atoms with E-state index in [0.29, 0.717) is 0 Å². The predicted molar refractivity (Wildman–Crippen MR) is 143 cm³/mol. The van der Waals surface area contributed by atoms with Gasteiger partial charge in [-0.3, -0.25) is 6.08 Å². The van der Waals surface area contributed by atoms with E-state index in [9.17, 15) is 0 Å². The number of halogens is 2. The number of hydrogen-bond donors (Lipinski definition) is 0. The van der Waals surface area contributed by atoms with E-state index >= 15 is 0 Å². The van der Waals surface area contributed by atoms with Crippen LogP contribution in [0.3, 0.4) is 0 Å². The van der Waals surface area contributed by atoms with Gasteiger partial charge in [0.25, 0.3) is 0 Å². The summed E-state index contributed by atoms with van der Waals surface area (Å²) in [5.41, 5.74) is 1.42. The van der Waals surface area contributed by atoms with Crippen LogP contribution in [0.25, 0.3) is 10.8 Å². The Labute approximate surface area is 243 Å². The van der Waals surface area contributed by atoms with Gasteiger partial charge in [0.05, 0.1) is 0 Å². The summed E-state index contributed by atoms with van der Waals surface area (Å²) in [5.74, 6) is 0.726. The summed E-state index contributed by atoms with van der Waals surface area (Å²) < 4.78 is 0. The summed E-state index contributed by atoms with van der Waals surface area (Å²) in [7, 11) is -0.493. The van der Waals surface area contributed by atoms with Crippen molar-refractivity contribution < 1.29 is 50.7 Å². The Morgan fingerprint density at radius 3 is 1.94 bits per heavy atom. The van der Waals surface area contributed by atoms with Crippen LogP contribution in [0.4, 0.5) is 0 Å². The third kappa shape index (κ3) is 8.61. The van der Waals surface area contributed by atoms with Gasteiger partial charge in [-0.25, -0.2) is 11.6 Å². The smallest absolute Gasteiger partial charge is 1.00 e. The van der Waals surface area contributed by atoms with Crippen LogP contribution in [-0.4, -0.2) is 0 Å². The summed E-state index contributed by atoms with van der Waals surface area (Å²) in [6.07, 6.45) is 11.3. The van der Waals surface area contributed by atoms with Crippen molar-refractivity contribution in [1.29, 1.82) is 0 Å². The number of fused-ring (bicyclic) bond motifs is 1. The molecule has 178 valence electrons.